The first-order valence-corrected chi connectivity index (χ1v) is 7.47. The van der Waals surface area contributed by atoms with Crippen LogP contribution in [0.5, 0.6) is 0 Å². The number of aromatic nitrogens is 2. The molecule has 1 aromatic heterocycles. The number of nitrogens with zero attached hydrogens (tertiary/aromatic N) is 4. The van der Waals surface area contributed by atoms with Gasteiger partial charge in [-0.3, -0.25) is 9.80 Å². The summed E-state index contributed by atoms with van der Waals surface area (Å²) in [7, 11) is 0. The first-order chi connectivity index (χ1) is 9.24. The highest BCUT2D eigenvalue weighted by molar-refractivity contribution is 5.01. The molecule has 1 aromatic rings. The molecule has 0 amide bonds. The normalized spacial score (nSPS) is 28.8. The van der Waals surface area contributed by atoms with E-state index in [4.69, 9.17) is 0 Å². The first-order valence-electron chi connectivity index (χ1n) is 7.47. The molecule has 2 aliphatic rings. The molecule has 2 saturated heterocycles. The van der Waals surface area contributed by atoms with E-state index < -0.39 is 0 Å². The van der Waals surface area contributed by atoms with Gasteiger partial charge in [-0.25, -0.2) is 9.97 Å². The maximum Gasteiger partial charge on any atom is 0.115 e. The van der Waals surface area contributed by atoms with Gasteiger partial charge >= 0.3 is 0 Å². The van der Waals surface area contributed by atoms with Crippen LogP contribution in [0.1, 0.15) is 32.4 Å². The van der Waals surface area contributed by atoms with Crippen LogP contribution in [-0.2, 0) is 6.54 Å². The van der Waals surface area contributed by atoms with E-state index in [1.54, 1.807) is 6.33 Å². The van der Waals surface area contributed by atoms with Gasteiger partial charge in [0.1, 0.15) is 6.33 Å². The second-order valence-corrected chi connectivity index (χ2v) is 6.23. The maximum absolute atomic E-state index is 4.39. The molecule has 4 nitrogen and oxygen atoms in total. The molecular weight excluding hydrogens is 236 g/mol. The van der Waals surface area contributed by atoms with Crippen molar-refractivity contribution in [2.75, 3.05) is 19.6 Å². The lowest BCUT2D eigenvalue weighted by Gasteiger charge is -2.45. The average molecular weight is 260 g/mol. The van der Waals surface area contributed by atoms with E-state index >= 15 is 0 Å². The second-order valence-electron chi connectivity index (χ2n) is 6.23. The van der Waals surface area contributed by atoms with Crippen molar-refractivity contribution in [2.45, 2.75) is 45.3 Å². The summed E-state index contributed by atoms with van der Waals surface area (Å²) in [4.78, 5) is 13.7. The minimum atomic E-state index is 0.657. The van der Waals surface area contributed by atoms with Crippen molar-refractivity contribution in [3.8, 4) is 0 Å². The highest BCUT2D eigenvalue weighted by atomic mass is 15.3. The number of hydrogen-bond acceptors (Lipinski definition) is 4. The summed E-state index contributed by atoms with van der Waals surface area (Å²) in [5.41, 5.74) is 1.15. The lowest BCUT2D eigenvalue weighted by atomic mass is 9.97. The van der Waals surface area contributed by atoms with Crippen LogP contribution in [0.4, 0.5) is 0 Å². The van der Waals surface area contributed by atoms with Crippen LogP contribution in [0.25, 0.3) is 0 Å². The molecule has 0 spiro atoms. The summed E-state index contributed by atoms with van der Waals surface area (Å²) < 4.78 is 0. The van der Waals surface area contributed by atoms with E-state index in [0.717, 1.165) is 18.3 Å². The fourth-order valence-corrected chi connectivity index (χ4v) is 3.54. The van der Waals surface area contributed by atoms with Gasteiger partial charge in [-0.2, -0.15) is 0 Å². The fraction of sp³-hybridized carbons (Fsp3) is 0.733. The van der Waals surface area contributed by atoms with E-state index in [9.17, 15) is 0 Å². The summed E-state index contributed by atoms with van der Waals surface area (Å²) in [6.45, 7) is 9.38. The highest BCUT2D eigenvalue weighted by Gasteiger charge is 2.37. The average Bonchev–Trinajstić information content (AvgIpc) is 2.86. The van der Waals surface area contributed by atoms with Gasteiger partial charge in [-0.05, 0) is 31.4 Å². The lowest BCUT2D eigenvalue weighted by Crippen LogP contribution is -2.57. The Kier molecular flexibility index (Phi) is 3.80. The molecular formula is C15H24N4. The van der Waals surface area contributed by atoms with Gasteiger partial charge in [-0.15, -0.1) is 0 Å². The van der Waals surface area contributed by atoms with Crippen LogP contribution < -0.4 is 0 Å². The molecule has 0 saturated carbocycles. The van der Waals surface area contributed by atoms with Gasteiger partial charge in [-0.1, -0.05) is 13.8 Å². The van der Waals surface area contributed by atoms with Crippen LogP contribution >= 0.6 is 0 Å². The molecule has 19 heavy (non-hydrogen) atoms. The summed E-state index contributed by atoms with van der Waals surface area (Å²) >= 11 is 0. The van der Waals surface area contributed by atoms with Crippen LogP contribution in [0.2, 0.25) is 0 Å². The molecule has 2 aliphatic heterocycles. The zero-order valence-corrected chi connectivity index (χ0v) is 12.0. The lowest BCUT2D eigenvalue weighted by molar-refractivity contribution is 0.0231. The Morgan fingerprint density at radius 3 is 3.00 bits per heavy atom. The molecule has 0 aliphatic carbocycles. The number of piperazine rings is 1. The summed E-state index contributed by atoms with van der Waals surface area (Å²) in [5.74, 6) is 0.698. The molecule has 3 rings (SSSR count). The van der Waals surface area contributed by atoms with E-state index in [1.165, 1.54) is 32.5 Å². The van der Waals surface area contributed by atoms with Gasteiger partial charge in [0.15, 0.2) is 0 Å². The summed E-state index contributed by atoms with van der Waals surface area (Å²) in [5, 5.41) is 0. The van der Waals surface area contributed by atoms with Crippen LogP contribution in [0.3, 0.4) is 0 Å². The quantitative estimate of drug-likeness (QED) is 0.829. The minimum Gasteiger partial charge on any atom is -0.298 e. The van der Waals surface area contributed by atoms with Gasteiger partial charge in [0, 0.05) is 37.9 Å². The summed E-state index contributed by atoms with van der Waals surface area (Å²) in [6, 6.07) is 3.47. The molecule has 3 heterocycles. The zero-order chi connectivity index (χ0) is 13.2. The third-order valence-electron chi connectivity index (χ3n) is 4.61. The molecule has 2 atom stereocenters. The Bertz CT molecular complexity index is 406. The van der Waals surface area contributed by atoms with E-state index in [0.29, 0.717) is 12.0 Å². The molecule has 4 heteroatoms. The molecule has 2 fully saturated rings. The molecule has 0 aromatic carbocycles. The Morgan fingerprint density at radius 1 is 1.37 bits per heavy atom. The second kappa shape index (κ2) is 5.55. The van der Waals surface area contributed by atoms with Crippen molar-refractivity contribution in [3.63, 3.8) is 0 Å². The molecule has 0 radical (unpaired) electrons. The molecule has 2 unspecified atom stereocenters. The summed E-state index contributed by atoms with van der Waals surface area (Å²) in [6.07, 6.45) is 6.24. The monoisotopic (exact) mass is 260 g/mol. The molecule has 0 bridgehead atoms. The Morgan fingerprint density at radius 2 is 2.26 bits per heavy atom. The van der Waals surface area contributed by atoms with E-state index in [2.05, 4.69) is 33.6 Å². The molecule has 104 valence electrons. The van der Waals surface area contributed by atoms with E-state index in [1.807, 2.05) is 12.3 Å². The predicted octanol–water partition coefficient (Wildman–Crippen LogP) is 1.78. The van der Waals surface area contributed by atoms with E-state index in [-0.39, 0.29) is 0 Å². The smallest absolute Gasteiger partial charge is 0.115 e. The van der Waals surface area contributed by atoms with Crippen molar-refractivity contribution in [3.05, 3.63) is 24.3 Å². The van der Waals surface area contributed by atoms with Gasteiger partial charge in [0.2, 0.25) is 0 Å². The van der Waals surface area contributed by atoms with Crippen molar-refractivity contribution < 1.29 is 0 Å². The zero-order valence-electron chi connectivity index (χ0n) is 12.0. The van der Waals surface area contributed by atoms with Gasteiger partial charge in [0.05, 0.1) is 5.69 Å². The maximum atomic E-state index is 4.39. The van der Waals surface area contributed by atoms with Crippen LogP contribution in [-0.4, -0.2) is 51.5 Å². The Balaban J connectivity index is 1.73. The third-order valence-corrected chi connectivity index (χ3v) is 4.61. The number of fused-ring (bicyclic) bond motifs is 1. The first kappa shape index (κ1) is 13.0. The van der Waals surface area contributed by atoms with Crippen molar-refractivity contribution in [1.29, 1.82) is 0 Å². The SMILES string of the molecule is CC(C)C1CN2CCCC2CN1Cc1ccncn1. The van der Waals surface area contributed by atoms with Crippen molar-refractivity contribution in [2.24, 2.45) is 5.92 Å². The van der Waals surface area contributed by atoms with Gasteiger partial charge < -0.3 is 0 Å². The van der Waals surface area contributed by atoms with Gasteiger partial charge in [0.25, 0.3) is 0 Å². The Hall–Kier alpha value is -1.00. The van der Waals surface area contributed by atoms with Crippen molar-refractivity contribution in [1.82, 2.24) is 19.8 Å². The highest BCUT2D eigenvalue weighted by Crippen LogP contribution is 2.28. The Labute approximate surface area is 115 Å². The largest absolute Gasteiger partial charge is 0.298 e. The minimum absolute atomic E-state index is 0.657. The van der Waals surface area contributed by atoms with Crippen molar-refractivity contribution >= 4 is 0 Å². The van der Waals surface area contributed by atoms with Crippen LogP contribution in [0, 0.1) is 5.92 Å². The standard InChI is InChI=1S/C15H24N4/c1-12(2)15-10-18-7-3-4-14(18)9-19(15)8-13-5-6-16-11-17-13/h5-6,11-12,14-15H,3-4,7-10H2,1-2H3. The number of hydrogen-bond donors (Lipinski definition) is 0. The van der Waals surface area contributed by atoms with Crippen LogP contribution in [0.15, 0.2) is 18.6 Å². The number of rotatable bonds is 3. The molecule has 0 N–H and O–H groups in total. The fourth-order valence-electron chi connectivity index (χ4n) is 3.54. The third kappa shape index (κ3) is 2.79. The topological polar surface area (TPSA) is 32.3 Å². The predicted molar refractivity (Wildman–Crippen MR) is 75.7 cm³/mol.